The van der Waals surface area contributed by atoms with Crippen molar-refractivity contribution in [3.63, 3.8) is 0 Å². The maximum atomic E-state index is 5.79. The molecule has 0 unspecified atom stereocenters. The van der Waals surface area contributed by atoms with Crippen LogP contribution in [0.2, 0.25) is 0 Å². The van der Waals surface area contributed by atoms with Crippen molar-refractivity contribution < 1.29 is 4.74 Å². The summed E-state index contributed by atoms with van der Waals surface area (Å²) < 4.78 is 5.79. The summed E-state index contributed by atoms with van der Waals surface area (Å²) in [6, 6.07) is 0. The van der Waals surface area contributed by atoms with Crippen LogP contribution >= 0.6 is 0 Å². The van der Waals surface area contributed by atoms with Gasteiger partial charge in [0.25, 0.3) is 0 Å². The standard InChI is InChI=1S/C21H40N4O/c1-18(26-17-9-12-23-20(2,3)4)10-11-19(22-8)24-13-15-25(16-14-24)21(5,6)7/h10-11,23H,8-9,12-17H2,1-7H3/b18-10+,19-11+. The van der Waals surface area contributed by atoms with Crippen LogP contribution in [-0.2, 0) is 4.74 Å². The Bertz CT molecular complexity index is 489. The molecule has 1 rings (SSSR count). The Kier molecular flexibility index (Phi) is 8.84. The van der Waals surface area contributed by atoms with E-state index in [9.17, 15) is 0 Å². The molecular weight excluding hydrogens is 324 g/mol. The number of nitrogens with zero attached hydrogens (tertiary/aromatic N) is 3. The van der Waals surface area contributed by atoms with Crippen molar-refractivity contribution in [2.24, 2.45) is 4.99 Å². The number of allylic oxidation sites excluding steroid dienone is 3. The normalized spacial score (nSPS) is 18.2. The quantitative estimate of drug-likeness (QED) is 0.309. The molecule has 0 bridgehead atoms. The van der Waals surface area contributed by atoms with Gasteiger partial charge in [-0.2, -0.15) is 0 Å². The molecule has 0 saturated carbocycles. The molecule has 0 amide bonds. The van der Waals surface area contributed by atoms with Gasteiger partial charge in [0.05, 0.1) is 12.4 Å². The number of hydrogen-bond donors (Lipinski definition) is 1. The first kappa shape index (κ1) is 22.7. The Labute approximate surface area is 161 Å². The zero-order valence-corrected chi connectivity index (χ0v) is 18.1. The minimum Gasteiger partial charge on any atom is -0.498 e. The Morgan fingerprint density at radius 2 is 1.69 bits per heavy atom. The topological polar surface area (TPSA) is 40.1 Å². The van der Waals surface area contributed by atoms with Crippen molar-refractivity contribution >= 4 is 6.72 Å². The Hall–Kier alpha value is -1.33. The van der Waals surface area contributed by atoms with E-state index in [1.165, 1.54) is 0 Å². The van der Waals surface area contributed by atoms with Crippen molar-refractivity contribution in [1.82, 2.24) is 15.1 Å². The fourth-order valence-electron chi connectivity index (χ4n) is 2.87. The van der Waals surface area contributed by atoms with Gasteiger partial charge in [-0.15, -0.1) is 0 Å². The first-order valence-corrected chi connectivity index (χ1v) is 9.76. The summed E-state index contributed by atoms with van der Waals surface area (Å²) in [5, 5.41) is 3.47. The smallest absolute Gasteiger partial charge is 0.127 e. The summed E-state index contributed by atoms with van der Waals surface area (Å²) in [6.45, 7) is 24.8. The van der Waals surface area contributed by atoms with E-state index in [1.54, 1.807) is 0 Å². The van der Waals surface area contributed by atoms with Gasteiger partial charge < -0.3 is 15.0 Å². The van der Waals surface area contributed by atoms with Crippen molar-refractivity contribution in [1.29, 1.82) is 0 Å². The molecule has 1 heterocycles. The van der Waals surface area contributed by atoms with Crippen LogP contribution < -0.4 is 5.32 Å². The van der Waals surface area contributed by atoms with Crippen molar-refractivity contribution in [3.05, 3.63) is 23.7 Å². The summed E-state index contributed by atoms with van der Waals surface area (Å²) in [7, 11) is 0. The van der Waals surface area contributed by atoms with Gasteiger partial charge in [0.1, 0.15) is 5.82 Å². The van der Waals surface area contributed by atoms with Gasteiger partial charge >= 0.3 is 0 Å². The minimum absolute atomic E-state index is 0.162. The van der Waals surface area contributed by atoms with E-state index in [1.807, 2.05) is 19.1 Å². The predicted octanol–water partition coefficient (Wildman–Crippen LogP) is 3.64. The van der Waals surface area contributed by atoms with E-state index in [2.05, 4.69) is 68.4 Å². The van der Waals surface area contributed by atoms with Gasteiger partial charge in [-0.3, -0.25) is 4.90 Å². The number of aliphatic imine (C=N–C) groups is 1. The van der Waals surface area contributed by atoms with Crippen LogP contribution in [-0.4, -0.2) is 66.9 Å². The number of ether oxygens (including phenoxy) is 1. The lowest BCUT2D eigenvalue weighted by Crippen LogP contribution is -2.52. The highest BCUT2D eigenvalue weighted by molar-refractivity contribution is 5.30. The largest absolute Gasteiger partial charge is 0.498 e. The molecule has 1 aliphatic rings. The zero-order chi connectivity index (χ0) is 19.8. The lowest BCUT2D eigenvalue weighted by atomic mass is 10.1. The summed E-state index contributed by atoms with van der Waals surface area (Å²) in [4.78, 5) is 9.03. The van der Waals surface area contributed by atoms with Crippen LogP contribution in [0.5, 0.6) is 0 Å². The van der Waals surface area contributed by atoms with Gasteiger partial charge in [-0.05, 0) is 80.3 Å². The van der Waals surface area contributed by atoms with E-state index < -0.39 is 0 Å². The second-order valence-corrected chi connectivity index (χ2v) is 8.98. The zero-order valence-electron chi connectivity index (χ0n) is 18.1. The van der Waals surface area contributed by atoms with E-state index in [-0.39, 0.29) is 11.1 Å². The van der Waals surface area contributed by atoms with Crippen LogP contribution in [0.1, 0.15) is 54.9 Å². The summed E-state index contributed by atoms with van der Waals surface area (Å²) in [6.07, 6.45) is 5.01. The third-order valence-corrected chi connectivity index (χ3v) is 4.49. The molecule has 1 saturated heterocycles. The van der Waals surface area contributed by atoms with Gasteiger partial charge in [-0.1, -0.05) is 0 Å². The van der Waals surface area contributed by atoms with Gasteiger partial charge in [0, 0.05) is 37.3 Å². The molecule has 0 aromatic carbocycles. The van der Waals surface area contributed by atoms with Crippen molar-refractivity contribution in [2.45, 2.75) is 66.0 Å². The lowest BCUT2D eigenvalue weighted by Gasteiger charge is -2.42. The van der Waals surface area contributed by atoms with Crippen molar-refractivity contribution in [3.8, 4) is 0 Å². The summed E-state index contributed by atoms with van der Waals surface area (Å²) >= 11 is 0. The molecule has 5 heteroatoms. The number of hydrogen-bond acceptors (Lipinski definition) is 5. The fourth-order valence-corrected chi connectivity index (χ4v) is 2.87. The Morgan fingerprint density at radius 3 is 2.19 bits per heavy atom. The number of piperazine rings is 1. The Balaban J connectivity index is 2.43. The van der Waals surface area contributed by atoms with Crippen molar-refractivity contribution in [2.75, 3.05) is 39.3 Å². The lowest BCUT2D eigenvalue weighted by molar-refractivity contribution is 0.0759. The molecule has 0 aromatic rings. The average Bonchev–Trinajstić information content (AvgIpc) is 2.53. The monoisotopic (exact) mass is 364 g/mol. The molecule has 26 heavy (non-hydrogen) atoms. The first-order valence-electron chi connectivity index (χ1n) is 9.76. The van der Waals surface area contributed by atoms with E-state index in [4.69, 9.17) is 4.74 Å². The minimum atomic E-state index is 0.162. The first-order chi connectivity index (χ1) is 12.0. The predicted molar refractivity (Wildman–Crippen MR) is 113 cm³/mol. The highest BCUT2D eigenvalue weighted by Gasteiger charge is 2.26. The van der Waals surface area contributed by atoms with E-state index in [0.29, 0.717) is 0 Å². The molecule has 5 nitrogen and oxygen atoms in total. The molecule has 0 atom stereocenters. The summed E-state index contributed by atoms with van der Waals surface area (Å²) in [5.74, 6) is 1.84. The number of rotatable bonds is 8. The Morgan fingerprint density at radius 1 is 1.08 bits per heavy atom. The second-order valence-electron chi connectivity index (χ2n) is 8.98. The fraction of sp³-hybridized carbons (Fsp3) is 0.762. The van der Waals surface area contributed by atoms with Gasteiger partial charge in [0.15, 0.2) is 0 Å². The maximum absolute atomic E-state index is 5.79. The van der Waals surface area contributed by atoms with Crippen LogP contribution in [0.15, 0.2) is 28.7 Å². The molecular formula is C21H40N4O. The molecule has 0 spiro atoms. The highest BCUT2D eigenvalue weighted by Crippen LogP contribution is 2.18. The third kappa shape index (κ3) is 8.86. The average molecular weight is 365 g/mol. The van der Waals surface area contributed by atoms with Gasteiger partial charge in [-0.25, -0.2) is 4.99 Å². The van der Waals surface area contributed by atoms with Crippen LogP contribution in [0.3, 0.4) is 0 Å². The molecule has 1 aliphatic heterocycles. The molecule has 1 fully saturated rings. The summed E-state index contributed by atoms with van der Waals surface area (Å²) in [5.41, 5.74) is 0.388. The highest BCUT2D eigenvalue weighted by atomic mass is 16.5. The molecule has 150 valence electrons. The molecule has 1 N–H and O–H groups in total. The SMILES string of the molecule is C=N/C(=C\C=C(/C)OCCCNC(C)(C)C)N1CCN(C(C)(C)C)CC1. The maximum Gasteiger partial charge on any atom is 0.127 e. The third-order valence-electron chi connectivity index (χ3n) is 4.49. The van der Waals surface area contributed by atoms with E-state index >= 15 is 0 Å². The number of nitrogens with one attached hydrogen (secondary N) is 1. The van der Waals surface area contributed by atoms with Crippen LogP contribution in [0, 0.1) is 0 Å². The van der Waals surface area contributed by atoms with E-state index in [0.717, 1.165) is 57.3 Å². The molecule has 0 aromatic heterocycles. The molecule has 0 radical (unpaired) electrons. The second kappa shape index (κ2) is 10.1. The van der Waals surface area contributed by atoms with Gasteiger partial charge in [0.2, 0.25) is 0 Å². The molecule has 0 aliphatic carbocycles. The van der Waals surface area contributed by atoms with Crippen LogP contribution in [0.25, 0.3) is 0 Å². The van der Waals surface area contributed by atoms with Crippen LogP contribution in [0.4, 0.5) is 0 Å².